The van der Waals surface area contributed by atoms with Crippen LogP contribution < -0.4 is 9.62 Å². The molecule has 0 bridgehead atoms. The number of hydrogen-bond acceptors (Lipinski definition) is 4. The van der Waals surface area contributed by atoms with Crippen molar-refractivity contribution in [3.8, 4) is 0 Å². The van der Waals surface area contributed by atoms with E-state index >= 15 is 0 Å². The van der Waals surface area contributed by atoms with E-state index in [9.17, 15) is 13.2 Å². The molecule has 1 saturated heterocycles. The van der Waals surface area contributed by atoms with E-state index in [0.29, 0.717) is 6.54 Å². The molecule has 1 aliphatic rings. The van der Waals surface area contributed by atoms with Crippen molar-refractivity contribution < 1.29 is 17.9 Å². The van der Waals surface area contributed by atoms with Gasteiger partial charge in [-0.15, -0.1) is 0 Å². The van der Waals surface area contributed by atoms with Crippen LogP contribution in [0.3, 0.4) is 0 Å². The molecule has 1 unspecified atom stereocenters. The molecule has 7 heteroatoms. The van der Waals surface area contributed by atoms with Gasteiger partial charge in [0.05, 0.1) is 11.4 Å². The maximum absolute atomic E-state index is 12.3. The molecule has 24 heavy (non-hydrogen) atoms. The molecule has 126 valence electrons. The molecule has 2 aromatic rings. The lowest BCUT2D eigenvalue weighted by Crippen LogP contribution is -2.34. The normalized spacial score (nSPS) is 17.8. The molecule has 0 spiro atoms. The third kappa shape index (κ3) is 3.58. The fraction of sp³-hybridized carbons (Fsp3) is 0.235. The fourth-order valence-corrected chi connectivity index (χ4v) is 3.69. The Hall–Kier alpha value is -2.38. The van der Waals surface area contributed by atoms with E-state index < -0.39 is 22.2 Å². The summed E-state index contributed by atoms with van der Waals surface area (Å²) in [5.74, 6) is 0. The summed E-state index contributed by atoms with van der Waals surface area (Å²) in [6.07, 6.45) is -1.00. The monoisotopic (exact) mass is 346 g/mol. The highest BCUT2D eigenvalue weighted by Crippen LogP contribution is 2.21. The van der Waals surface area contributed by atoms with Crippen LogP contribution in [0.4, 0.5) is 10.5 Å². The lowest BCUT2D eigenvalue weighted by atomic mass is 10.2. The number of nitrogens with one attached hydrogen (secondary N) is 1. The highest BCUT2D eigenvalue weighted by molar-refractivity contribution is 7.89. The number of nitrogens with zero attached hydrogens (tertiary/aromatic N) is 1. The van der Waals surface area contributed by atoms with E-state index in [0.717, 1.165) is 11.3 Å². The van der Waals surface area contributed by atoms with Crippen LogP contribution in [0.2, 0.25) is 0 Å². The molecule has 2 aromatic carbocycles. The van der Waals surface area contributed by atoms with Gasteiger partial charge in [0.25, 0.3) is 0 Å². The number of rotatable bonds is 5. The van der Waals surface area contributed by atoms with Crippen LogP contribution in [0.5, 0.6) is 0 Å². The number of amides is 1. The van der Waals surface area contributed by atoms with Crippen molar-refractivity contribution in [1.29, 1.82) is 0 Å². The first-order valence-electron chi connectivity index (χ1n) is 7.55. The van der Waals surface area contributed by atoms with Crippen LogP contribution in [-0.4, -0.2) is 33.7 Å². The van der Waals surface area contributed by atoms with Gasteiger partial charge in [0.2, 0.25) is 10.0 Å². The summed E-state index contributed by atoms with van der Waals surface area (Å²) in [4.78, 5) is 13.6. The first-order valence-corrected chi connectivity index (χ1v) is 9.03. The van der Waals surface area contributed by atoms with Crippen molar-refractivity contribution in [2.24, 2.45) is 0 Å². The lowest BCUT2D eigenvalue weighted by Gasteiger charge is -2.13. The molecule has 1 amide bonds. The molecule has 6 nitrogen and oxygen atoms in total. The zero-order valence-corrected chi connectivity index (χ0v) is 14.0. The van der Waals surface area contributed by atoms with Gasteiger partial charge in [-0.1, -0.05) is 30.3 Å². The molecule has 0 aliphatic carbocycles. The predicted octanol–water partition coefficient (Wildman–Crippen LogP) is 2.30. The summed E-state index contributed by atoms with van der Waals surface area (Å²) in [5, 5.41) is 0. The van der Waals surface area contributed by atoms with Gasteiger partial charge in [-0.05, 0) is 36.8 Å². The van der Waals surface area contributed by atoms with Crippen LogP contribution >= 0.6 is 0 Å². The van der Waals surface area contributed by atoms with E-state index in [-0.39, 0.29) is 11.4 Å². The summed E-state index contributed by atoms with van der Waals surface area (Å²) in [6, 6.07) is 15.8. The first-order chi connectivity index (χ1) is 11.5. The Bertz CT molecular complexity index is 837. The number of aryl methyl sites for hydroxylation is 1. The van der Waals surface area contributed by atoms with Gasteiger partial charge in [0, 0.05) is 12.2 Å². The highest BCUT2D eigenvalue weighted by atomic mass is 32.2. The standard InChI is InChI=1S/C17H18N2O4S/c1-13-6-5-9-16(10-13)24(21,22)18-11-15-12-19(17(20)23-15)14-7-3-2-4-8-14/h2-10,15,18H,11-12H2,1H3. The number of anilines is 1. The van der Waals surface area contributed by atoms with E-state index in [1.54, 1.807) is 24.3 Å². The average molecular weight is 346 g/mol. The number of cyclic esters (lactones) is 1. The minimum absolute atomic E-state index is 0.0331. The number of carbonyl (C=O) groups excluding carboxylic acids is 1. The maximum Gasteiger partial charge on any atom is 0.414 e. The number of benzene rings is 2. The number of para-hydroxylation sites is 1. The molecule has 1 atom stereocenters. The summed E-state index contributed by atoms with van der Waals surface area (Å²) in [7, 11) is -3.63. The number of carbonyl (C=O) groups is 1. The van der Waals surface area contributed by atoms with E-state index in [1.165, 1.54) is 11.0 Å². The Kier molecular flexibility index (Phi) is 4.55. The van der Waals surface area contributed by atoms with Crippen LogP contribution in [0.25, 0.3) is 0 Å². The Labute approximate surface area is 141 Å². The molecule has 0 saturated carbocycles. The van der Waals surface area contributed by atoms with Crippen molar-refractivity contribution in [1.82, 2.24) is 4.72 Å². The minimum Gasteiger partial charge on any atom is -0.443 e. The Morgan fingerprint density at radius 2 is 1.92 bits per heavy atom. The van der Waals surface area contributed by atoms with Gasteiger partial charge in [0.15, 0.2) is 0 Å². The minimum atomic E-state index is -3.63. The molecule has 1 heterocycles. The van der Waals surface area contributed by atoms with E-state index in [2.05, 4.69) is 4.72 Å². The zero-order valence-electron chi connectivity index (χ0n) is 13.2. The SMILES string of the molecule is Cc1cccc(S(=O)(=O)NCC2CN(c3ccccc3)C(=O)O2)c1. The largest absolute Gasteiger partial charge is 0.443 e. The quantitative estimate of drug-likeness (QED) is 0.901. The Morgan fingerprint density at radius 3 is 2.62 bits per heavy atom. The second-order valence-electron chi connectivity index (χ2n) is 5.62. The van der Waals surface area contributed by atoms with Crippen LogP contribution in [0.15, 0.2) is 59.5 Å². The maximum atomic E-state index is 12.3. The molecule has 0 radical (unpaired) electrons. The summed E-state index contributed by atoms with van der Waals surface area (Å²) in [5.41, 5.74) is 1.59. The fourth-order valence-electron chi connectivity index (χ4n) is 2.52. The van der Waals surface area contributed by atoms with Crippen molar-refractivity contribution >= 4 is 21.8 Å². The molecular weight excluding hydrogens is 328 g/mol. The number of sulfonamides is 1. The van der Waals surface area contributed by atoms with Crippen LogP contribution in [0.1, 0.15) is 5.56 Å². The predicted molar refractivity (Wildman–Crippen MR) is 90.4 cm³/mol. The topological polar surface area (TPSA) is 75.7 Å². The highest BCUT2D eigenvalue weighted by Gasteiger charge is 2.33. The molecule has 1 N–H and O–H groups in total. The first kappa shape index (κ1) is 16.5. The second kappa shape index (κ2) is 6.62. The van der Waals surface area contributed by atoms with Crippen molar-refractivity contribution in [3.63, 3.8) is 0 Å². The van der Waals surface area contributed by atoms with E-state index in [4.69, 9.17) is 4.74 Å². The summed E-state index contributed by atoms with van der Waals surface area (Å²) >= 11 is 0. The summed E-state index contributed by atoms with van der Waals surface area (Å²) in [6.45, 7) is 2.17. The van der Waals surface area contributed by atoms with Gasteiger partial charge in [-0.3, -0.25) is 4.90 Å². The Balaban J connectivity index is 1.65. The molecular formula is C17H18N2O4S. The van der Waals surface area contributed by atoms with Crippen LogP contribution in [-0.2, 0) is 14.8 Å². The smallest absolute Gasteiger partial charge is 0.414 e. The van der Waals surface area contributed by atoms with Gasteiger partial charge in [0.1, 0.15) is 6.10 Å². The van der Waals surface area contributed by atoms with Gasteiger partial charge in [-0.25, -0.2) is 17.9 Å². The van der Waals surface area contributed by atoms with Crippen LogP contribution in [0, 0.1) is 6.92 Å². The number of hydrogen-bond donors (Lipinski definition) is 1. The number of ether oxygens (including phenoxy) is 1. The van der Waals surface area contributed by atoms with Gasteiger partial charge in [-0.2, -0.15) is 0 Å². The second-order valence-corrected chi connectivity index (χ2v) is 7.39. The lowest BCUT2D eigenvalue weighted by molar-refractivity contribution is 0.143. The molecule has 3 rings (SSSR count). The van der Waals surface area contributed by atoms with Gasteiger partial charge >= 0.3 is 6.09 Å². The summed E-state index contributed by atoms with van der Waals surface area (Å²) < 4.78 is 32.4. The van der Waals surface area contributed by atoms with Crippen molar-refractivity contribution in [2.45, 2.75) is 17.9 Å². The third-order valence-electron chi connectivity index (χ3n) is 3.74. The van der Waals surface area contributed by atoms with Gasteiger partial charge < -0.3 is 4.74 Å². The Morgan fingerprint density at radius 1 is 1.17 bits per heavy atom. The van der Waals surface area contributed by atoms with Crippen molar-refractivity contribution in [2.75, 3.05) is 18.0 Å². The zero-order chi connectivity index (χ0) is 17.2. The molecule has 1 aliphatic heterocycles. The third-order valence-corrected chi connectivity index (χ3v) is 5.16. The molecule has 0 aromatic heterocycles. The van der Waals surface area contributed by atoms with Crippen molar-refractivity contribution in [3.05, 3.63) is 60.2 Å². The molecule has 1 fully saturated rings. The average Bonchev–Trinajstić information content (AvgIpc) is 2.95. The van der Waals surface area contributed by atoms with E-state index in [1.807, 2.05) is 31.2 Å².